The molecule has 3 aromatic rings. The second-order valence-electron chi connectivity index (χ2n) is 7.61. The van der Waals surface area contributed by atoms with Gasteiger partial charge in [0.15, 0.2) is 0 Å². The summed E-state index contributed by atoms with van der Waals surface area (Å²) < 4.78 is 40.3. The van der Waals surface area contributed by atoms with E-state index in [0.29, 0.717) is 51.2 Å². The van der Waals surface area contributed by atoms with Crippen molar-refractivity contribution in [2.24, 2.45) is 0 Å². The quantitative estimate of drug-likeness (QED) is 0.119. The van der Waals surface area contributed by atoms with Crippen LogP contribution in [0.3, 0.4) is 0 Å². The van der Waals surface area contributed by atoms with Crippen LogP contribution in [0, 0.1) is 10.1 Å². The van der Waals surface area contributed by atoms with Crippen molar-refractivity contribution in [2.75, 3.05) is 42.7 Å². The Morgan fingerprint density at radius 2 is 0.892 bits per heavy atom. The van der Waals surface area contributed by atoms with E-state index in [1.54, 1.807) is 97.3 Å². The zero-order valence-corrected chi connectivity index (χ0v) is 24.0. The Morgan fingerprint density at radius 3 is 1.11 bits per heavy atom. The van der Waals surface area contributed by atoms with Crippen LogP contribution in [0.5, 0.6) is 34.5 Å². The molecule has 0 unspecified atom stereocenters. The summed E-state index contributed by atoms with van der Waals surface area (Å²) in [5.74, 6) is 2.90. The van der Waals surface area contributed by atoms with Crippen molar-refractivity contribution in [3.05, 3.63) is 81.4 Å². The minimum atomic E-state index is -1.97. The fourth-order valence-corrected chi connectivity index (χ4v) is 6.94. The van der Waals surface area contributed by atoms with Gasteiger partial charge in [0.1, 0.15) is 0 Å². The molecule has 3 rings (SSSR count). The molecule has 3 aromatic carbocycles. The molecule has 0 N–H and O–H groups in total. The summed E-state index contributed by atoms with van der Waals surface area (Å²) in [5.41, 5.74) is 0.523. The molecular formula is C26H29NO9Sb. The molecule has 0 aliphatic carbocycles. The van der Waals surface area contributed by atoms with E-state index >= 15 is 0 Å². The van der Waals surface area contributed by atoms with E-state index in [1.165, 1.54) is 0 Å². The Bertz CT molecular complexity index is 1030. The van der Waals surface area contributed by atoms with E-state index in [9.17, 15) is 10.1 Å². The van der Waals surface area contributed by atoms with Gasteiger partial charge < -0.3 is 0 Å². The fraction of sp³-hybridized carbons (Fsp3) is 0.308. The fourth-order valence-electron chi connectivity index (χ4n) is 4.60. The number of hydrogen-bond donors (Lipinski definition) is 0. The maximum atomic E-state index is 11.3. The predicted molar refractivity (Wildman–Crippen MR) is 137 cm³/mol. The molecule has 0 spiro atoms. The van der Waals surface area contributed by atoms with E-state index in [4.69, 9.17) is 31.5 Å². The van der Waals surface area contributed by atoms with E-state index < -0.39 is 32.5 Å². The van der Waals surface area contributed by atoms with Crippen molar-refractivity contribution in [1.82, 2.24) is 0 Å². The molecule has 37 heavy (non-hydrogen) atoms. The summed E-state index contributed by atoms with van der Waals surface area (Å²) in [5, 5.41) is 10.5. The van der Waals surface area contributed by atoms with Crippen LogP contribution < -0.4 is 28.4 Å². The first kappa shape index (κ1) is 28.1. The summed E-state index contributed by atoms with van der Waals surface area (Å²) in [6.07, 6.45) is 0. The number of hydrogen-bond acceptors (Lipinski definition) is 9. The van der Waals surface area contributed by atoms with Crippen molar-refractivity contribution in [3.63, 3.8) is 0 Å². The van der Waals surface area contributed by atoms with Crippen LogP contribution in [0.25, 0.3) is 0 Å². The molecule has 197 valence electrons. The van der Waals surface area contributed by atoms with Gasteiger partial charge in [0.25, 0.3) is 0 Å². The summed E-state index contributed by atoms with van der Waals surface area (Å²) in [6.45, 7) is 0. The van der Waals surface area contributed by atoms with Crippen LogP contribution >= 0.6 is 0 Å². The van der Waals surface area contributed by atoms with Crippen LogP contribution in [0.4, 0.5) is 0 Å². The number of benzene rings is 3. The number of rotatable bonds is 13. The van der Waals surface area contributed by atoms with Gasteiger partial charge in [-0.15, -0.1) is 0 Å². The average molecular weight is 621 g/mol. The van der Waals surface area contributed by atoms with Gasteiger partial charge in [0.2, 0.25) is 0 Å². The first-order valence-corrected chi connectivity index (χ1v) is 13.9. The molecule has 0 bridgehead atoms. The maximum absolute atomic E-state index is 11.3. The minimum absolute atomic E-state index is 0.176. The van der Waals surface area contributed by atoms with Gasteiger partial charge in [-0.05, 0) is 0 Å². The Hall–Kier alpha value is -3.52. The first-order chi connectivity index (χ1) is 17.9. The molecule has 0 amide bonds. The molecule has 10 nitrogen and oxygen atoms in total. The van der Waals surface area contributed by atoms with E-state index in [1.807, 2.05) is 0 Å². The van der Waals surface area contributed by atoms with Crippen LogP contribution in [0.1, 0.15) is 16.7 Å². The third-order valence-corrected chi connectivity index (χ3v) is 8.42. The summed E-state index contributed by atoms with van der Waals surface area (Å²) in [7, 11) is 9.30. The Labute approximate surface area is 226 Å². The average Bonchev–Trinajstić information content (AvgIpc) is 2.94. The van der Waals surface area contributed by atoms with Crippen molar-refractivity contribution in [2.45, 2.75) is 9.78 Å². The number of nitrogens with zero attached hydrogens (tertiary/aromatic N) is 1. The second kappa shape index (κ2) is 12.6. The van der Waals surface area contributed by atoms with Crippen LogP contribution in [-0.4, -0.2) is 69.8 Å². The predicted octanol–water partition coefficient (Wildman–Crippen LogP) is 4.32. The normalized spacial score (nSPS) is 10.9. The molecule has 0 heterocycles. The monoisotopic (exact) mass is 620 g/mol. The van der Waals surface area contributed by atoms with Crippen LogP contribution in [0.15, 0.2) is 54.6 Å². The molecule has 0 saturated carbocycles. The van der Waals surface area contributed by atoms with Gasteiger partial charge in [-0.25, -0.2) is 0 Å². The number of methoxy groups -OCH3 is 6. The van der Waals surface area contributed by atoms with E-state index in [0.717, 1.165) is 0 Å². The summed E-state index contributed by atoms with van der Waals surface area (Å²) in [6, 6.07) is 16.2. The molecule has 0 saturated heterocycles. The van der Waals surface area contributed by atoms with E-state index in [-0.39, 0.29) is 4.37 Å². The molecule has 11 heteroatoms. The van der Waals surface area contributed by atoms with E-state index in [2.05, 4.69) is 0 Å². The van der Waals surface area contributed by atoms with Crippen molar-refractivity contribution in [3.8, 4) is 34.5 Å². The third-order valence-electron chi connectivity index (χ3n) is 5.99. The SMILES string of the molecule is COc1cccc(OC)c1C([CH2][Sb][O][N+](=O)[O-])(c1c(OC)cccc1OC)c1c(OC)cccc1OC. The van der Waals surface area contributed by atoms with Gasteiger partial charge in [-0.2, -0.15) is 0 Å². The Kier molecular flexibility index (Phi) is 9.58. The Morgan fingerprint density at radius 1 is 0.622 bits per heavy atom. The summed E-state index contributed by atoms with van der Waals surface area (Å²) in [4.78, 5) is 11.3. The van der Waals surface area contributed by atoms with Gasteiger partial charge in [0.05, 0.1) is 0 Å². The van der Waals surface area contributed by atoms with Crippen LogP contribution in [0.2, 0.25) is 4.37 Å². The molecule has 0 aromatic heterocycles. The van der Waals surface area contributed by atoms with Crippen LogP contribution in [-0.2, 0) is 8.53 Å². The third kappa shape index (κ3) is 5.30. The van der Waals surface area contributed by atoms with Crippen molar-refractivity contribution < 1.29 is 36.6 Å². The Balaban J connectivity index is 2.68. The molecule has 0 atom stereocenters. The molecular weight excluding hydrogens is 592 g/mol. The summed E-state index contributed by atoms with van der Waals surface area (Å²) >= 11 is -1.97. The molecule has 0 aliphatic heterocycles. The number of ether oxygens (including phenoxy) is 6. The molecule has 0 fully saturated rings. The van der Waals surface area contributed by atoms with Gasteiger partial charge in [0, 0.05) is 0 Å². The van der Waals surface area contributed by atoms with Gasteiger partial charge in [-0.3, -0.25) is 0 Å². The topological polar surface area (TPSA) is 108 Å². The van der Waals surface area contributed by atoms with Gasteiger partial charge in [-0.1, -0.05) is 0 Å². The molecule has 1 radical (unpaired) electrons. The molecule has 0 aliphatic rings. The van der Waals surface area contributed by atoms with Gasteiger partial charge >= 0.3 is 227 Å². The zero-order valence-electron chi connectivity index (χ0n) is 21.5. The first-order valence-electron chi connectivity index (χ1n) is 11.1. The second-order valence-corrected chi connectivity index (χ2v) is 9.72. The van der Waals surface area contributed by atoms with Crippen molar-refractivity contribution in [1.29, 1.82) is 0 Å². The standard InChI is InChI=1S/C26H29O6.NO3.Sb/c1-26(23-17(27-2)11-8-12-18(23)28-3,24-19(29-4)13-9-14-20(24)30-5)25-21(31-6)15-10-16-22(25)32-7;2-1(3)4;/h8-16H,1H2,2-7H3;;/q;-1;+1. The van der Waals surface area contributed by atoms with Crippen molar-refractivity contribution >= 4 is 22.0 Å². The zero-order chi connectivity index (χ0) is 27.0.